The van der Waals surface area contributed by atoms with Crippen molar-refractivity contribution in [2.24, 2.45) is 0 Å². The van der Waals surface area contributed by atoms with E-state index in [0.717, 1.165) is 19.8 Å². The largest absolute Gasteiger partial charge is 0.380 e. The van der Waals surface area contributed by atoms with E-state index in [-0.39, 0.29) is 0 Å². The fourth-order valence-corrected chi connectivity index (χ4v) is 2.71. The third-order valence-corrected chi connectivity index (χ3v) is 3.59. The van der Waals surface area contributed by atoms with Gasteiger partial charge in [-0.1, -0.05) is 29.8 Å². The van der Waals surface area contributed by atoms with Crippen LogP contribution in [0.25, 0.3) is 21.8 Å². The molecule has 0 aliphatic carbocycles. The monoisotopic (exact) mass is 253 g/mol. The molecule has 0 aliphatic rings. The number of rotatable bonds is 4. The summed E-state index contributed by atoms with van der Waals surface area (Å²) in [5.74, 6) is 0. The number of benzene rings is 2. The molecule has 2 aromatic carbocycles. The molecule has 2 nitrogen and oxygen atoms in total. The van der Waals surface area contributed by atoms with Crippen molar-refractivity contribution in [1.29, 1.82) is 0 Å². The summed E-state index contributed by atoms with van der Waals surface area (Å²) < 4.78 is 7.87. The second-order valence-corrected chi connectivity index (χ2v) is 4.89. The van der Waals surface area contributed by atoms with Crippen molar-refractivity contribution in [2.45, 2.75) is 20.4 Å². The number of nitrogens with zero attached hydrogens (tertiary/aromatic N) is 1. The van der Waals surface area contributed by atoms with Crippen LogP contribution in [0.2, 0.25) is 0 Å². The maximum Gasteiger partial charge on any atom is 0.0645 e. The molecule has 0 saturated carbocycles. The maximum absolute atomic E-state index is 5.51. The molecule has 3 rings (SSSR count). The van der Waals surface area contributed by atoms with Gasteiger partial charge in [0.1, 0.15) is 0 Å². The van der Waals surface area contributed by atoms with Crippen LogP contribution in [0.3, 0.4) is 0 Å². The molecule has 2 heteroatoms. The molecule has 0 fully saturated rings. The zero-order valence-corrected chi connectivity index (χ0v) is 11.5. The first-order valence-corrected chi connectivity index (χ1v) is 6.86. The van der Waals surface area contributed by atoms with Crippen LogP contribution in [0.15, 0.2) is 42.5 Å². The van der Waals surface area contributed by atoms with Gasteiger partial charge in [0.25, 0.3) is 0 Å². The van der Waals surface area contributed by atoms with E-state index in [9.17, 15) is 0 Å². The molecule has 0 aliphatic heterocycles. The molecule has 3 aromatic rings. The molecule has 0 bridgehead atoms. The summed E-state index contributed by atoms with van der Waals surface area (Å²) in [6.07, 6.45) is 0. The second kappa shape index (κ2) is 5.06. The minimum atomic E-state index is 0.762. The molecule has 0 spiro atoms. The van der Waals surface area contributed by atoms with Crippen molar-refractivity contribution in [3.63, 3.8) is 0 Å². The summed E-state index contributed by atoms with van der Waals surface area (Å²) in [6.45, 7) is 6.62. The molecular formula is C17H19NO. The Morgan fingerprint density at radius 1 is 1.00 bits per heavy atom. The van der Waals surface area contributed by atoms with Crippen LogP contribution in [0.1, 0.15) is 12.5 Å². The first-order valence-electron chi connectivity index (χ1n) is 6.86. The molecule has 0 radical (unpaired) electrons. The van der Waals surface area contributed by atoms with Gasteiger partial charge in [-0.2, -0.15) is 0 Å². The van der Waals surface area contributed by atoms with E-state index in [1.165, 1.54) is 27.4 Å². The topological polar surface area (TPSA) is 14.2 Å². The minimum absolute atomic E-state index is 0.762. The van der Waals surface area contributed by atoms with Gasteiger partial charge in [-0.3, -0.25) is 0 Å². The molecule has 0 amide bonds. The molecule has 0 saturated heterocycles. The lowest BCUT2D eigenvalue weighted by molar-refractivity contribution is 0.140. The number of para-hydroxylation sites is 1. The van der Waals surface area contributed by atoms with E-state index >= 15 is 0 Å². The van der Waals surface area contributed by atoms with Crippen LogP contribution < -0.4 is 0 Å². The molecule has 19 heavy (non-hydrogen) atoms. The third kappa shape index (κ3) is 2.13. The van der Waals surface area contributed by atoms with Crippen LogP contribution in [-0.2, 0) is 11.3 Å². The number of fused-ring (bicyclic) bond motifs is 3. The number of ether oxygens (including phenoxy) is 1. The van der Waals surface area contributed by atoms with Crippen molar-refractivity contribution < 1.29 is 4.74 Å². The van der Waals surface area contributed by atoms with E-state index in [1.807, 2.05) is 6.92 Å². The van der Waals surface area contributed by atoms with E-state index < -0.39 is 0 Å². The van der Waals surface area contributed by atoms with Gasteiger partial charge >= 0.3 is 0 Å². The van der Waals surface area contributed by atoms with Crippen LogP contribution in [0.4, 0.5) is 0 Å². The van der Waals surface area contributed by atoms with Crippen LogP contribution >= 0.6 is 0 Å². The van der Waals surface area contributed by atoms with E-state index in [0.29, 0.717) is 0 Å². The summed E-state index contributed by atoms with van der Waals surface area (Å²) >= 11 is 0. The normalized spacial score (nSPS) is 11.5. The fourth-order valence-electron chi connectivity index (χ4n) is 2.71. The highest BCUT2D eigenvalue weighted by Crippen LogP contribution is 2.29. The first kappa shape index (κ1) is 12.2. The summed E-state index contributed by atoms with van der Waals surface area (Å²) in [5, 5.41) is 2.67. The lowest BCUT2D eigenvalue weighted by Crippen LogP contribution is -2.05. The van der Waals surface area contributed by atoms with Gasteiger partial charge in [0, 0.05) is 35.0 Å². The number of hydrogen-bond acceptors (Lipinski definition) is 1. The van der Waals surface area contributed by atoms with Crippen molar-refractivity contribution >= 4 is 21.8 Å². The zero-order valence-electron chi connectivity index (χ0n) is 11.5. The summed E-state index contributed by atoms with van der Waals surface area (Å²) in [6, 6.07) is 15.3. The molecular weight excluding hydrogens is 234 g/mol. The van der Waals surface area contributed by atoms with E-state index in [4.69, 9.17) is 4.74 Å². The summed E-state index contributed by atoms with van der Waals surface area (Å²) in [7, 11) is 0. The van der Waals surface area contributed by atoms with Gasteiger partial charge in [-0.25, -0.2) is 0 Å². The third-order valence-electron chi connectivity index (χ3n) is 3.59. The predicted molar refractivity (Wildman–Crippen MR) is 80.7 cm³/mol. The lowest BCUT2D eigenvalue weighted by Gasteiger charge is -2.07. The van der Waals surface area contributed by atoms with Crippen molar-refractivity contribution in [1.82, 2.24) is 4.57 Å². The SMILES string of the molecule is CCOCCn1c2ccccc2c2cc(C)ccc21. The van der Waals surface area contributed by atoms with Crippen LogP contribution in [0.5, 0.6) is 0 Å². The van der Waals surface area contributed by atoms with Crippen molar-refractivity contribution in [3.8, 4) is 0 Å². The van der Waals surface area contributed by atoms with Gasteiger partial charge in [0.2, 0.25) is 0 Å². The molecule has 1 aromatic heterocycles. The zero-order chi connectivity index (χ0) is 13.2. The van der Waals surface area contributed by atoms with Gasteiger partial charge in [-0.05, 0) is 32.0 Å². The Balaban J connectivity index is 2.21. The minimum Gasteiger partial charge on any atom is -0.380 e. The van der Waals surface area contributed by atoms with Crippen LogP contribution in [0, 0.1) is 6.92 Å². The molecule has 98 valence electrons. The first-order chi connectivity index (χ1) is 9.31. The van der Waals surface area contributed by atoms with Crippen LogP contribution in [-0.4, -0.2) is 17.8 Å². The van der Waals surface area contributed by atoms with Crippen molar-refractivity contribution in [2.75, 3.05) is 13.2 Å². The quantitative estimate of drug-likeness (QED) is 0.637. The summed E-state index contributed by atoms with van der Waals surface area (Å²) in [4.78, 5) is 0. The second-order valence-electron chi connectivity index (χ2n) is 4.89. The lowest BCUT2D eigenvalue weighted by atomic mass is 10.1. The molecule has 0 unspecified atom stereocenters. The summed E-state index contributed by atoms with van der Waals surface area (Å²) in [5.41, 5.74) is 3.90. The average Bonchev–Trinajstić information content (AvgIpc) is 2.73. The predicted octanol–water partition coefficient (Wildman–Crippen LogP) is 4.14. The van der Waals surface area contributed by atoms with Crippen molar-refractivity contribution in [3.05, 3.63) is 48.0 Å². The highest BCUT2D eigenvalue weighted by Gasteiger charge is 2.09. The number of aryl methyl sites for hydroxylation is 1. The molecule has 0 atom stereocenters. The van der Waals surface area contributed by atoms with Gasteiger partial charge < -0.3 is 9.30 Å². The van der Waals surface area contributed by atoms with Gasteiger partial charge in [0.15, 0.2) is 0 Å². The van der Waals surface area contributed by atoms with E-state index in [2.05, 4.69) is 54.0 Å². The van der Waals surface area contributed by atoms with Gasteiger partial charge in [0.05, 0.1) is 6.61 Å². The Hall–Kier alpha value is -1.80. The number of hydrogen-bond donors (Lipinski definition) is 0. The van der Waals surface area contributed by atoms with Gasteiger partial charge in [-0.15, -0.1) is 0 Å². The fraction of sp³-hybridized carbons (Fsp3) is 0.294. The highest BCUT2D eigenvalue weighted by molar-refractivity contribution is 6.08. The Bertz CT molecular complexity index is 712. The Kier molecular flexibility index (Phi) is 3.26. The number of aromatic nitrogens is 1. The maximum atomic E-state index is 5.51. The standard InChI is InChI=1S/C17H19NO/c1-3-19-11-10-18-16-7-5-4-6-14(16)15-12-13(2)8-9-17(15)18/h4-9,12H,3,10-11H2,1-2H3. The smallest absolute Gasteiger partial charge is 0.0645 e. The van der Waals surface area contributed by atoms with E-state index in [1.54, 1.807) is 0 Å². The molecule has 0 N–H and O–H groups in total. The average molecular weight is 253 g/mol. The Morgan fingerprint density at radius 2 is 1.79 bits per heavy atom. The Morgan fingerprint density at radius 3 is 2.63 bits per heavy atom. The molecule has 1 heterocycles. The Labute approximate surface area is 113 Å². The highest BCUT2D eigenvalue weighted by atomic mass is 16.5.